The van der Waals surface area contributed by atoms with E-state index in [0.29, 0.717) is 41.2 Å². The lowest BCUT2D eigenvalue weighted by atomic mass is 10.0. The van der Waals surface area contributed by atoms with Crippen LogP contribution in [0.25, 0.3) is 21.2 Å². The number of aryl methyl sites for hydroxylation is 1. The number of hydrogen-bond donors (Lipinski definition) is 1. The average Bonchev–Trinajstić information content (AvgIpc) is 3.38. The van der Waals surface area contributed by atoms with Gasteiger partial charge >= 0.3 is 0 Å². The van der Waals surface area contributed by atoms with E-state index in [-0.39, 0.29) is 17.9 Å². The largest absolute Gasteiger partial charge is 0.350 e. The van der Waals surface area contributed by atoms with E-state index in [2.05, 4.69) is 10.3 Å². The minimum absolute atomic E-state index is 0.0272. The average molecular weight is 502 g/mol. The van der Waals surface area contributed by atoms with Crippen molar-refractivity contribution in [2.24, 2.45) is 11.8 Å². The number of benzene rings is 3. The molecule has 2 aliphatic rings. The first-order valence-corrected chi connectivity index (χ1v) is 13.0. The third-order valence-electron chi connectivity index (χ3n) is 7.09. The van der Waals surface area contributed by atoms with Crippen LogP contribution in [0.15, 0.2) is 66.7 Å². The van der Waals surface area contributed by atoms with Crippen LogP contribution >= 0.6 is 22.9 Å². The molecule has 4 aromatic rings. The molecule has 0 unspecified atom stereocenters. The lowest BCUT2D eigenvalue weighted by Crippen LogP contribution is -2.45. The van der Waals surface area contributed by atoms with Gasteiger partial charge < -0.3 is 10.2 Å². The number of rotatable bonds is 5. The molecule has 1 N–H and O–H groups in total. The van der Waals surface area contributed by atoms with Crippen LogP contribution in [0.2, 0.25) is 5.02 Å². The molecule has 2 heterocycles. The summed E-state index contributed by atoms with van der Waals surface area (Å²) in [7, 11) is 0. The molecule has 2 fully saturated rings. The quantitative estimate of drug-likeness (QED) is 0.375. The summed E-state index contributed by atoms with van der Waals surface area (Å²) in [6.45, 7) is 3.06. The Kier molecular flexibility index (Phi) is 5.58. The van der Waals surface area contributed by atoms with Gasteiger partial charge in [0.25, 0.3) is 11.8 Å². The Bertz CT molecular complexity index is 1460. The number of likely N-dealkylation sites (tertiary alicyclic amines) is 1. The summed E-state index contributed by atoms with van der Waals surface area (Å²) in [5, 5.41) is 6.55. The molecule has 35 heavy (non-hydrogen) atoms. The van der Waals surface area contributed by atoms with Crippen LogP contribution in [-0.2, 0) is 0 Å². The maximum Gasteiger partial charge on any atom is 0.274 e. The highest BCUT2D eigenvalue weighted by Crippen LogP contribution is 2.50. The van der Waals surface area contributed by atoms with Gasteiger partial charge in [-0.25, -0.2) is 4.98 Å². The fourth-order valence-electron chi connectivity index (χ4n) is 5.32. The van der Waals surface area contributed by atoms with E-state index in [0.717, 1.165) is 32.6 Å². The molecular formula is C28H24ClN3O2S. The zero-order chi connectivity index (χ0) is 24.1. The van der Waals surface area contributed by atoms with Crippen LogP contribution in [0, 0.1) is 18.8 Å². The number of halogens is 1. The Hall–Kier alpha value is -3.22. The highest BCUT2D eigenvalue weighted by molar-refractivity contribution is 7.15. The van der Waals surface area contributed by atoms with Crippen LogP contribution in [0.5, 0.6) is 0 Å². The van der Waals surface area contributed by atoms with E-state index in [1.807, 2.05) is 78.6 Å². The van der Waals surface area contributed by atoms with Crippen LogP contribution in [0.1, 0.15) is 32.3 Å². The molecule has 6 rings (SSSR count). The second-order valence-electron chi connectivity index (χ2n) is 9.34. The van der Waals surface area contributed by atoms with Gasteiger partial charge in [-0.2, -0.15) is 0 Å². The Morgan fingerprint density at radius 2 is 1.91 bits per heavy atom. The van der Waals surface area contributed by atoms with Crippen molar-refractivity contribution in [3.8, 4) is 10.4 Å². The maximum absolute atomic E-state index is 13.7. The summed E-state index contributed by atoms with van der Waals surface area (Å²) in [5.74, 6) is 0.761. The van der Waals surface area contributed by atoms with Gasteiger partial charge in [0.15, 0.2) is 0 Å². The second-order valence-corrected chi connectivity index (χ2v) is 11.0. The smallest absolute Gasteiger partial charge is 0.274 e. The van der Waals surface area contributed by atoms with Crippen LogP contribution < -0.4 is 5.32 Å². The van der Waals surface area contributed by atoms with Gasteiger partial charge in [-0.15, -0.1) is 11.3 Å². The third kappa shape index (κ3) is 4.11. The van der Waals surface area contributed by atoms with E-state index >= 15 is 0 Å². The van der Waals surface area contributed by atoms with Gasteiger partial charge in [-0.1, -0.05) is 60.1 Å². The molecule has 7 heteroatoms. The molecule has 0 radical (unpaired) electrons. The van der Waals surface area contributed by atoms with Crippen LogP contribution in [0.3, 0.4) is 0 Å². The van der Waals surface area contributed by atoms with Crippen molar-refractivity contribution in [3.63, 3.8) is 0 Å². The molecule has 0 spiro atoms. The first kappa shape index (κ1) is 22.3. The lowest BCUT2D eigenvalue weighted by Gasteiger charge is -2.27. The Morgan fingerprint density at radius 1 is 1.11 bits per heavy atom. The van der Waals surface area contributed by atoms with E-state index in [9.17, 15) is 9.59 Å². The number of nitrogens with zero attached hydrogens (tertiary/aromatic N) is 2. The predicted molar refractivity (Wildman–Crippen MR) is 140 cm³/mol. The standard InChI is InChI=1S/C28H24ClN3O2S/c1-16-31-25(26(35-16)18-8-4-9-20(29)12-18)28(34)32-15-19-13-23(19)24(32)14-30-27(33)22-11-5-7-17-6-2-3-10-21(17)22/h2-12,19,23-24H,13-15H2,1H3,(H,30,33)/t19-,23-,24+/m0/s1. The first-order valence-electron chi connectivity index (χ1n) is 11.8. The summed E-state index contributed by atoms with van der Waals surface area (Å²) in [6, 6.07) is 21.2. The van der Waals surface area contributed by atoms with Gasteiger partial charge in [0, 0.05) is 23.7 Å². The number of amides is 2. The zero-order valence-corrected chi connectivity index (χ0v) is 20.8. The van der Waals surface area contributed by atoms with E-state index < -0.39 is 0 Å². The maximum atomic E-state index is 13.7. The third-order valence-corrected chi connectivity index (χ3v) is 8.35. The topological polar surface area (TPSA) is 62.3 Å². The Balaban J connectivity index is 1.23. The molecule has 1 saturated carbocycles. The number of carbonyl (C=O) groups excluding carboxylic acids is 2. The van der Waals surface area contributed by atoms with Gasteiger partial charge in [-0.05, 0) is 59.7 Å². The van der Waals surface area contributed by atoms with Crippen molar-refractivity contribution in [1.29, 1.82) is 0 Å². The SMILES string of the molecule is Cc1nc(C(=O)N2C[C@@H]3C[C@@H]3[C@H]2CNC(=O)c2cccc3ccccc23)c(-c2cccc(Cl)c2)s1. The molecule has 1 aliphatic heterocycles. The molecule has 1 saturated heterocycles. The zero-order valence-electron chi connectivity index (χ0n) is 19.2. The number of piperidine rings is 1. The second kappa shape index (κ2) is 8.77. The number of thiazole rings is 1. The molecule has 1 aliphatic carbocycles. The van der Waals surface area contributed by atoms with Crippen molar-refractivity contribution < 1.29 is 9.59 Å². The fraction of sp³-hybridized carbons (Fsp3) is 0.250. The first-order chi connectivity index (χ1) is 17.0. The molecule has 3 aromatic carbocycles. The van der Waals surface area contributed by atoms with E-state index in [4.69, 9.17) is 11.6 Å². The summed E-state index contributed by atoms with van der Waals surface area (Å²) in [4.78, 5) is 34.2. The number of carbonyl (C=O) groups is 2. The molecule has 3 atom stereocenters. The summed E-state index contributed by atoms with van der Waals surface area (Å²) < 4.78 is 0. The highest BCUT2D eigenvalue weighted by Gasteiger charge is 2.54. The molecule has 1 aromatic heterocycles. The fourth-order valence-corrected chi connectivity index (χ4v) is 6.41. The summed E-state index contributed by atoms with van der Waals surface area (Å²) >= 11 is 7.72. The molecule has 5 nitrogen and oxygen atoms in total. The van der Waals surface area contributed by atoms with Crippen LogP contribution in [0.4, 0.5) is 0 Å². The van der Waals surface area contributed by atoms with Gasteiger partial charge in [0.1, 0.15) is 5.69 Å². The normalized spacial score (nSPS) is 20.6. The van der Waals surface area contributed by atoms with Crippen LogP contribution in [-0.4, -0.2) is 40.8 Å². The van der Waals surface area contributed by atoms with E-state index in [1.54, 1.807) is 0 Å². The number of fused-ring (bicyclic) bond motifs is 2. The lowest BCUT2D eigenvalue weighted by molar-refractivity contribution is 0.0690. The number of hydrogen-bond acceptors (Lipinski definition) is 4. The van der Waals surface area contributed by atoms with Gasteiger partial charge in [0.2, 0.25) is 0 Å². The number of nitrogens with one attached hydrogen (secondary N) is 1. The van der Waals surface area contributed by atoms with Gasteiger partial charge in [0.05, 0.1) is 15.9 Å². The monoisotopic (exact) mass is 501 g/mol. The number of aromatic nitrogens is 1. The predicted octanol–water partition coefficient (Wildman–Crippen LogP) is 5.82. The molecule has 2 amide bonds. The summed E-state index contributed by atoms with van der Waals surface area (Å²) in [6.07, 6.45) is 1.11. The van der Waals surface area contributed by atoms with Crippen molar-refractivity contribution >= 4 is 45.5 Å². The molecule has 0 bridgehead atoms. The molecule has 176 valence electrons. The molecular weight excluding hydrogens is 478 g/mol. The van der Waals surface area contributed by atoms with Crippen molar-refractivity contribution in [2.45, 2.75) is 19.4 Å². The van der Waals surface area contributed by atoms with Crippen molar-refractivity contribution in [2.75, 3.05) is 13.1 Å². The van der Waals surface area contributed by atoms with E-state index in [1.165, 1.54) is 11.3 Å². The minimum atomic E-state index is -0.109. The van der Waals surface area contributed by atoms with Gasteiger partial charge in [-0.3, -0.25) is 9.59 Å². The minimum Gasteiger partial charge on any atom is -0.350 e. The highest BCUT2D eigenvalue weighted by atomic mass is 35.5. The van der Waals surface area contributed by atoms with Crippen molar-refractivity contribution in [1.82, 2.24) is 15.2 Å². The Morgan fingerprint density at radius 3 is 2.77 bits per heavy atom. The summed E-state index contributed by atoms with van der Waals surface area (Å²) in [5.41, 5.74) is 2.03. The van der Waals surface area contributed by atoms with Crippen molar-refractivity contribution in [3.05, 3.63) is 88.0 Å². The Labute approximate surface area is 212 Å².